The Balaban J connectivity index is 1.10. The summed E-state index contributed by atoms with van der Waals surface area (Å²) in [6, 6.07) is 61.7. The zero-order valence-corrected chi connectivity index (χ0v) is 28.0. The molecule has 52 heavy (non-hydrogen) atoms. The third-order valence-electron chi connectivity index (χ3n) is 10.4. The van der Waals surface area contributed by atoms with E-state index in [4.69, 9.17) is 14.4 Å². The fourth-order valence-electron chi connectivity index (χ4n) is 8.03. The molecule has 0 atom stereocenters. The van der Waals surface area contributed by atoms with Gasteiger partial charge in [0.2, 0.25) is 0 Å². The normalized spacial score (nSPS) is 11.8. The molecule has 0 aliphatic carbocycles. The van der Waals surface area contributed by atoms with Crippen LogP contribution in [0.5, 0.6) is 0 Å². The Kier molecular flexibility index (Phi) is 6.22. The minimum absolute atomic E-state index is 0.695. The smallest absolute Gasteiger partial charge is 0.160 e. The van der Waals surface area contributed by atoms with E-state index in [9.17, 15) is 0 Å². The second-order valence-corrected chi connectivity index (χ2v) is 13.3. The summed E-state index contributed by atoms with van der Waals surface area (Å²) in [6.07, 6.45) is 0. The summed E-state index contributed by atoms with van der Waals surface area (Å²) in [5.41, 5.74) is 11.3. The predicted molar refractivity (Wildman–Crippen MR) is 215 cm³/mol. The maximum Gasteiger partial charge on any atom is 0.160 e. The number of furan rings is 1. The van der Waals surface area contributed by atoms with Crippen molar-refractivity contribution in [2.75, 3.05) is 0 Å². The summed E-state index contributed by atoms with van der Waals surface area (Å²) < 4.78 is 9.10. The number of aromatic nitrogens is 3. The molecular weight excluding hydrogens is 635 g/mol. The fraction of sp³-hybridized carbons (Fsp3) is 0. The molecule has 11 rings (SSSR count). The molecule has 0 amide bonds. The molecule has 11 aromatic rings. The van der Waals surface area contributed by atoms with Gasteiger partial charge in [-0.25, -0.2) is 9.97 Å². The lowest BCUT2D eigenvalue weighted by molar-refractivity contribution is 0.671. The Morgan fingerprint density at radius 2 is 0.981 bits per heavy atom. The molecule has 0 spiro atoms. The molecule has 4 nitrogen and oxygen atoms in total. The van der Waals surface area contributed by atoms with Gasteiger partial charge in [-0.15, -0.1) is 0 Å². The third kappa shape index (κ3) is 4.28. The first-order chi connectivity index (χ1) is 25.8. The van der Waals surface area contributed by atoms with Crippen LogP contribution in [0.1, 0.15) is 0 Å². The Labute approximate surface area is 298 Å². The summed E-state index contributed by atoms with van der Waals surface area (Å²) in [7, 11) is 0. The van der Waals surface area contributed by atoms with E-state index < -0.39 is 0 Å². The van der Waals surface area contributed by atoms with E-state index >= 15 is 0 Å². The molecule has 0 saturated carbocycles. The molecule has 242 valence electrons. The Bertz CT molecular complexity index is 3160. The highest BCUT2D eigenvalue weighted by atomic mass is 16.3. The van der Waals surface area contributed by atoms with Gasteiger partial charge in [0.25, 0.3) is 0 Å². The van der Waals surface area contributed by atoms with E-state index in [2.05, 4.69) is 162 Å². The van der Waals surface area contributed by atoms with Crippen molar-refractivity contribution < 1.29 is 4.42 Å². The molecule has 8 aromatic carbocycles. The molecule has 3 aromatic heterocycles. The standard InChI is InChI=1S/C48H29N3O/c1-2-12-30(13-3-1)31-22-24-32(25-23-31)45-37-16-6-9-19-40(37)49-48(50-45)33-26-28-34(29-27-33)51-41-20-10-7-17-38(41)43-35-14-4-5-15-36(35)44-39-18-8-11-21-42(39)52-47(44)46(43)51/h1-29H. The van der Waals surface area contributed by atoms with Crippen LogP contribution in [0.4, 0.5) is 0 Å². The molecule has 0 fully saturated rings. The zero-order chi connectivity index (χ0) is 34.2. The summed E-state index contributed by atoms with van der Waals surface area (Å²) in [4.78, 5) is 10.3. The fourth-order valence-corrected chi connectivity index (χ4v) is 8.03. The van der Waals surface area contributed by atoms with E-state index in [0.29, 0.717) is 5.82 Å². The summed E-state index contributed by atoms with van der Waals surface area (Å²) in [5.74, 6) is 0.695. The van der Waals surface area contributed by atoms with Crippen LogP contribution in [0.15, 0.2) is 180 Å². The Hall–Kier alpha value is -7.04. The van der Waals surface area contributed by atoms with Crippen molar-refractivity contribution in [1.82, 2.24) is 14.5 Å². The minimum Gasteiger partial charge on any atom is -0.454 e. The molecule has 0 aliphatic rings. The van der Waals surface area contributed by atoms with Crippen LogP contribution in [0.3, 0.4) is 0 Å². The van der Waals surface area contributed by atoms with E-state index in [0.717, 1.165) is 66.4 Å². The topological polar surface area (TPSA) is 43.9 Å². The highest BCUT2D eigenvalue weighted by molar-refractivity contribution is 6.35. The molecule has 0 radical (unpaired) electrons. The molecule has 0 bridgehead atoms. The number of hydrogen-bond acceptors (Lipinski definition) is 3. The molecule has 3 heterocycles. The third-order valence-corrected chi connectivity index (χ3v) is 10.4. The van der Waals surface area contributed by atoms with Crippen molar-refractivity contribution in [3.63, 3.8) is 0 Å². The molecule has 0 N–H and O–H groups in total. The lowest BCUT2D eigenvalue weighted by Gasteiger charge is -2.12. The number of benzene rings is 8. The van der Waals surface area contributed by atoms with Crippen LogP contribution in [0.2, 0.25) is 0 Å². The number of fused-ring (bicyclic) bond motifs is 11. The van der Waals surface area contributed by atoms with Crippen LogP contribution >= 0.6 is 0 Å². The number of hydrogen-bond donors (Lipinski definition) is 0. The van der Waals surface area contributed by atoms with E-state index in [1.54, 1.807) is 0 Å². The van der Waals surface area contributed by atoms with Gasteiger partial charge in [-0.3, -0.25) is 0 Å². The van der Waals surface area contributed by atoms with Crippen molar-refractivity contribution in [3.8, 4) is 39.5 Å². The van der Waals surface area contributed by atoms with Gasteiger partial charge < -0.3 is 8.98 Å². The largest absolute Gasteiger partial charge is 0.454 e. The number of rotatable bonds is 4. The predicted octanol–water partition coefficient (Wildman–Crippen LogP) is 12.8. The average molecular weight is 664 g/mol. The second kappa shape index (κ2) is 11.2. The van der Waals surface area contributed by atoms with E-state index in [1.807, 2.05) is 18.2 Å². The highest BCUT2D eigenvalue weighted by Crippen LogP contribution is 2.45. The Morgan fingerprint density at radius 3 is 1.77 bits per heavy atom. The molecular formula is C48H29N3O. The van der Waals surface area contributed by atoms with Gasteiger partial charge in [0.15, 0.2) is 11.4 Å². The van der Waals surface area contributed by atoms with E-state index in [1.165, 1.54) is 32.7 Å². The molecule has 0 saturated heterocycles. The first kappa shape index (κ1) is 28.8. The zero-order valence-electron chi connectivity index (χ0n) is 28.0. The van der Waals surface area contributed by atoms with Crippen LogP contribution < -0.4 is 0 Å². The van der Waals surface area contributed by atoms with Crippen molar-refractivity contribution in [3.05, 3.63) is 176 Å². The van der Waals surface area contributed by atoms with Gasteiger partial charge in [0.1, 0.15) is 5.58 Å². The summed E-state index contributed by atoms with van der Waals surface area (Å²) in [6.45, 7) is 0. The highest BCUT2D eigenvalue weighted by Gasteiger charge is 2.23. The van der Waals surface area contributed by atoms with Crippen molar-refractivity contribution in [1.29, 1.82) is 0 Å². The van der Waals surface area contributed by atoms with Crippen LogP contribution in [0.25, 0.3) is 105 Å². The number of para-hydroxylation sites is 3. The first-order valence-corrected chi connectivity index (χ1v) is 17.6. The SMILES string of the molecule is c1ccc(-c2ccc(-c3nc(-c4ccc(-n5c6ccccc6c6c7ccccc7c7c8ccccc8oc7c65)cc4)nc4ccccc34)cc2)cc1. The van der Waals surface area contributed by atoms with Crippen LogP contribution in [-0.4, -0.2) is 14.5 Å². The maximum atomic E-state index is 6.75. The molecule has 0 unspecified atom stereocenters. The van der Waals surface area contributed by atoms with Gasteiger partial charge in [0, 0.05) is 43.7 Å². The van der Waals surface area contributed by atoms with Gasteiger partial charge >= 0.3 is 0 Å². The van der Waals surface area contributed by atoms with E-state index in [-0.39, 0.29) is 0 Å². The van der Waals surface area contributed by atoms with Crippen LogP contribution in [-0.2, 0) is 0 Å². The van der Waals surface area contributed by atoms with Crippen molar-refractivity contribution >= 4 is 65.4 Å². The maximum absolute atomic E-state index is 6.75. The average Bonchev–Trinajstić information content (AvgIpc) is 3.78. The second-order valence-electron chi connectivity index (χ2n) is 13.3. The quantitative estimate of drug-likeness (QED) is 0.188. The lowest BCUT2D eigenvalue weighted by atomic mass is 9.99. The monoisotopic (exact) mass is 663 g/mol. The summed E-state index contributed by atoms with van der Waals surface area (Å²) >= 11 is 0. The van der Waals surface area contributed by atoms with Gasteiger partial charge in [-0.2, -0.15) is 0 Å². The molecule has 0 aliphatic heterocycles. The molecule has 4 heteroatoms. The first-order valence-electron chi connectivity index (χ1n) is 17.6. The number of nitrogens with zero attached hydrogens (tertiary/aromatic N) is 3. The van der Waals surface area contributed by atoms with Gasteiger partial charge in [-0.1, -0.05) is 133 Å². The van der Waals surface area contributed by atoms with Gasteiger partial charge in [0.05, 0.1) is 22.2 Å². The van der Waals surface area contributed by atoms with Crippen molar-refractivity contribution in [2.45, 2.75) is 0 Å². The Morgan fingerprint density at radius 1 is 0.404 bits per heavy atom. The lowest BCUT2D eigenvalue weighted by Crippen LogP contribution is -1.97. The van der Waals surface area contributed by atoms with Crippen LogP contribution in [0, 0.1) is 0 Å². The minimum atomic E-state index is 0.695. The van der Waals surface area contributed by atoms with Gasteiger partial charge in [-0.05, 0) is 64.4 Å². The summed E-state index contributed by atoms with van der Waals surface area (Å²) in [5, 5.41) is 8.12. The van der Waals surface area contributed by atoms with Crippen molar-refractivity contribution in [2.24, 2.45) is 0 Å².